The first-order chi connectivity index (χ1) is 11.6. The first-order valence-corrected chi connectivity index (χ1v) is 8.93. The molecule has 1 saturated heterocycles. The van der Waals surface area contributed by atoms with Crippen LogP contribution < -0.4 is 5.32 Å². The summed E-state index contributed by atoms with van der Waals surface area (Å²) in [6.07, 6.45) is 2.97. The fourth-order valence-electron chi connectivity index (χ4n) is 3.33. The Labute approximate surface area is 145 Å². The fourth-order valence-corrected chi connectivity index (χ4v) is 3.33. The van der Waals surface area contributed by atoms with Gasteiger partial charge in [0.15, 0.2) is 0 Å². The molecule has 0 spiro atoms. The lowest BCUT2D eigenvalue weighted by molar-refractivity contribution is 0.169. The van der Waals surface area contributed by atoms with E-state index in [-0.39, 0.29) is 18.6 Å². The van der Waals surface area contributed by atoms with Gasteiger partial charge in [0.25, 0.3) is 0 Å². The molecule has 1 heterocycles. The highest BCUT2D eigenvalue weighted by Gasteiger charge is 2.21. The van der Waals surface area contributed by atoms with Crippen LogP contribution in [0.4, 0.5) is 4.79 Å². The van der Waals surface area contributed by atoms with Gasteiger partial charge in [0.2, 0.25) is 0 Å². The van der Waals surface area contributed by atoms with Crippen LogP contribution in [0.15, 0.2) is 30.3 Å². The minimum absolute atomic E-state index is 0.0206. The van der Waals surface area contributed by atoms with Gasteiger partial charge >= 0.3 is 6.03 Å². The average Bonchev–Trinajstić information content (AvgIpc) is 2.61. The van der Waals surface area contributed by atoms with Crippen molar-refractivity contribution in [1.29, 1.82) is 0 Å². The number of hydrogen-bond acceptors (Lipinski definition) is 3. The number of hydrogen-bond donors (Lipinski definition) is 2. The van der Waals surface area contributed by atoms with Crippen molar-refractivity contribution in [2.24, 2.45) is 5.92 Å². The molecule has 1 fully saturated rings. The lowest BCUT2D eigenvalue weighted by Gasteiger charge is -2.31. The molecule has 2 rings (SSSR count). The Morgan fingerprint density at radius 3 is 2.62 bits per heavy atom. The van der Waals surface area contributed by atoms with Crippen LogP contribution in [0.5, 0.6) is 0 Å². The van der Waals surface area contributed by atoms with E-state index in [9.17, 15) is 9.90 Å². The highest BCUT2D eigenvalue weighted by molar-refractivity contribution is 5.73. The maximum Gasteiger partial charge on any atom is 0.317 e. The standard InChI is InChI=1S/C19H31N3O2/c1-21-11-8-16(9-12-21)15-22(2)19(24)20-14-18(10-13-23)17-6-4-3-5-7-17/h3-7,16,18,23H,8-15H2,1-2H3,(H,20,24). The number of urea groups is 1. The quantitative estimate of drug-likeness (QED) is 0.804. The Balaban J connectivity index is 1.79. The molecule has 1 atom stereocenters. The van der Waals surface area contributed by atoms with Crippen molar-refractivity contribution in [1.82, 2.24) is 15.1 Å². The third-order valence-corrected chi connectivity index (χ3v) is 4.97. The molecule has 2 N–H and O–H groups in total. The maximum absolute atomic E-state index is 12.4. The zero-order valence-electron chi connectivity index (χ0n) is 14.9. The Morgan fingerprint density at radius 1 is 1.33 bits per heavy atom. The van der Waals surface area contributed by atoms with Crippen LogP contribution in [-0.4, -0.2) is 67.8 Å². The monoisotopic (exact) mass is 333 g/mol. The predicted octanol–water partition coefficient (Wildman–Crippen LogP) is 2.14. The highest BCUT2D eigenvalue weighted by Crippen LogP contribution is 2.19. The second-order valence-corrected chi connectivity index (χ2v) is 6.93. The van der Waals surface area contributed by atoms with Crippen LogP contribution in [0.2, 0.25) is 0 Å². The summed E-state index contributed by atoms with van der Waals surface area (Å²) in [5.41, 5.74) is 1.16. The summed E-state index contributed by atoms with van der Waals surface area (Å²) in [5, 5.41) is 12.3. The van der Waals surface area contributed by atoms with Crippen LogP contribution in [-0.2, 0) is 0 Å². The molecule has 1 aliphatic rings. The Morgan fingerprint density at radius 2 is 2.00 bits per heavy atom. The van der Waals surface area contributed by atoms with Gasteiger partial charge in [-0.25, -0.2) is 4.79 Å². The van der Waals surface area contributed by atoms with Gasteiger partial charge in [-0.2, -0.15) is 0 Å². The number of rotatable bonds is 7. The molecule has 5 nitrogen and oxygen atoms in total. The number of aliphatic hydroxyl groups is 1. The van der Waals surface area contributed by atoms with E-state index in [4.69, 9.17) is 0 Å². The fraction of sp³-hybridized carbons (Fsp3) is 0.632. The van der Waals surface area contributed by atoms with E-state index in [0.717, 1.165) is 38.0 Å². The van der Waals surface area contributed by atoms with Crippen LogP contribution >= 0.6 is 0 Å². The third-order valence-electron chi connectivity index (χ3n) is 4.97. The van der Waals surface area contributed by atoms with Crippen molar-refractivity contribution >= 4 is 6.03 Å². The molecule has 24 heavy (non-hydrogen) atoms. The smallest absolute Gasteiger partial charge is 0.317 e. The highest BCUT2D eigenvalue weighted by atomic mass is 16.3. The van der Waals surface area contributed by atoms with Crippen molar-refractivity contribution in [3.05, 3.63) is 35.9 Å². The van der Waals surface area contributed by atoms with Crippen molar-refractivity contribution in [3.8, 4) is 0 Å². The van der Waals surface area contributed by atoms with E-state index in [1.165, 1.54) is 0 Å². The Hall–Kier alpha value is -1.59. The first kappa shape index (κ1) is 18.7. The molecule has 1 aliphatic heterocycles. The number of benzene rings is 1. The van der Waals surface area contributed by atoms with Gasteiger partial charge in [-0.1, -0.05) is 30.3 Å². The van der Waals surface area contributed by atoms with E-state index < -0.39 is 0 Å². The van der Waals surface area contributed by atoms with Crippen LogP contribution in [0.1, 0.15) is 30.7 Å². The lowest BCUT2D eigenvalue weighted by atomic mass is 9.96. The summed E-state index contributed by atoms with van der Waals surface area (Å²) >= 11 is 0. The van der Waals surface area contributed by atoms with Crippen molar-refractivity contribution in [2.45, 2.75) is 25.2 Å². The number of carbonyl (C=O) groups is 1. The van der Waals surface area contributed by atoms with E-state index >= 15 is 0 Å². The summed E-state index contributed by atoms with van der Waals surface area (Å²) in [6.45, 7) is 3.73. The van der Waals surface area contributed by atoms with Crippen LogP contribution in [0.25, 0.3) is 0 Å². The average molecular weight is 333 g/mol. The SMILES string of the molecule is CN1CCC(CN(C)C(=O)NCC(CCO)c2ccccc2)CC1. The van der Waals surface area contributed by atoms with E-state index in [2.05, 4.69) is 29.4 Å². The third kappa shape index (κ3) is 5.80. The van der Waals surface area contributed by atoms with Gasteiger partial charge in [-0.3, -0.25) is 0 Å². The number of nitrogens with one attached hydrogen (secondary N) is 1. The molecule has 0 bridgehead atoms. The summed E-state index contributed by atoms with van der Waals surface area (Å²) in [7, 11) is 4.02. The van der Waals surface area contributed by atoms with Crippen LogP contribution in [0, 0.1) is 5.92 Å². The molecule has 2 amide bonds. The lowest BCUT2D eigenvalue weighted by Crippen LogP contribution is -2.43. The minimum Gasteiger partial charge on any atom is -0.396 e. The molecule has 0 aromatic heterocycles. The molecule has 134 valence electrons. The van der Waals surface area contributed by atoms with Crippen molar-refractivity contribution < 1.29 is 9.90 Å². The van der Waals surface area contributed by atoms with Gasteiger partial charge < -0.3 is 20.2 Å². The maximum atomic E-state index is 12.4. The van der Waals surface area contributed by atoms with Gasteiger partial charge in [-0.15, -0.1) is 0 Å². The van der Waals surface area contributed by atoms with Crippen molar-refractivity contribution in [3.63, 3.8) is 0 Å². The molecule has 0 saturated carbocycles. The summed E-state index contributed by atoms with van der Waals surface area (Å²) in [6, 6.07) is 10.0. The summed E-state index contributed by atoms with van der Waals surface area (Å²) < 4.78 is 0. The second-order valence-electron chi connectivity index (χ2n) is 6.93. The van der Waals surface area contributed by atoms with E-state index in [1.54, 1.807) is 4.90 Å². The minimum atomic E-state index is -0.0206. The number of carbonyl (C=O) groups excluding carboxylic acids is 1. The first-order valence-electron chi connectivity index (χ1n) is 8.93. The summed E-state index contributed by atoms with van der Waals surface area (Å²) in [5.74, 6) is 0.746. The molecule has 1 aromatic rings. The van der Waals surface area contributed by atoms with Crippen molar-refractivity contribution in [2.75, 3.05) is 46.9 Å². The predicted molar refractivity (Wildman–Crippen MR) is 97.1 cm³/mol. The number of nitrogens with zero attached hydrogens (tertiary/aromatic N) is 2. The van der Waals surface area contributed by atoms with Gasteiger partial charge in [-0.05, 0) is 50.9 Å². The zero-order chi connectivity index (χ0) is 17.4. The number of amides is 2. The van der Waals surface area contributed by atoms with E-state index in [0.29, 0.717) is 18.9 Å². The number of likely N-dealkylation sites (tertiary alicyclic amines) is 1. The van der Waals surface area contributed by atoms with Gasteiger partial charge in [0, 0.05) is 32.7 Å². The molecule has 1 unspecified atom stereocenters. The number of piperidine rings is 1. The Bertz CT molecular complexity index is 487. The molecule has 1 aromatic carbocycles. The molecule has 0 aliphatic carbocycles. The Kier molecular flexibility index (Phi) is 7.53. The molecular weight excluding hydrogens is 302 g/mol. The van der Waals surface area contributed by atoms with Gasteiger partial charge in [0.1, 0.15) is 0 Å². The molecule has 0 radical (unpaired) electrons. The molecular formula is C19H31N3O2. The van der Waals surface area contributed by atoms with Crippen LogP contribution in [0.3, 0.4) is 0 Å². The zero-order valence-corrected chi connectivity index (χ0v) is 14.9. The second kappa shape index (κ2) is 9.64. The van der Waals surface area contributed by atoms with E-state index in [1.807, 2.05) is 25.2 Å². The largest absolute Gasteiger partial charge is 0.396 e. The van der Waals surface area contributed by atoms with Gasteiger partial charge in [0.05, 0.1) is 0 Å². The topological polar surface area (TPSA) is 55.8 Å². The normalized spacial score (nSPS) is 17.5. The summed E-state index contributed by atoms with van der Waals surface area (Å²) in [4.78, 5) is 16.5. The molecule has 5 heteroatoms. The number of aliphatic hydroxyl groups excluding tert-OH is 1.